The summed E-state index contributed by atoms with van der Waals surface area (Å²) in [5.74, 6) is 0.810. The lowest BCUT2D eigenvalue weighted by Gasteiger charge is -2.33. The van der Waals surface area contributed by atoms with E-state index in [2.05, 4.69) is 6.92 Å². The average Bonchev–Trinajstić information content (AvgIpc) is 2.36. The van der Waals surface area contributed by atoms with Crippen molar-refractivity contribution in [3.05, 3.63) is 29.8 Å². The number of hydrogen-bond acceptors (Lipinski definition) is 2. The zero-order valence-electron chi connectivity index (χ0n) is 11.0. The van der Waals surface area contributed by atoms with Crippen LogP contribution in [0.15, 0.2) is 24.3 Å². The maximum absolute atomic E-state index is 14.8. The van der Waals surface area contributed by atoms with Gasteiger partial charge in [-0.25, -0.2) is 4.39 Å². The molecule has 2 atom stereocenters. The van der Waals surface area contributed by atoms with E-state index < -0.39 is 5.67 Å². The molecule has 1 saturated carbocycles. The fraction of sp³-hybridized carbons (Fsp3) is 0.600. The smallest absolute Gasteiger partial charge is 0.137 e. The van der Waals surface area contributed by atoms with E-state index in [1.165, 1.54) is 0 Å². The number of alkyl halides is 1. The van der Waals surface area contributed by atoms with E-state index in [0.717, 1.165) is 30.6 Å². The first kappa shape index (κ1) is 13.3. The number of hydrogen-bond donors (Lipinski definition) is 1. The molecular weight excluding hydrogens is 229 g/mol. The summed E-state index contributed by atoms with van der Waals surface area (Å²) in [4.78, 5) is 0. The minimum absolute atomic E-state index is 0.0141. The fourth-order valence-electron chi connectivity index (χ4n) is 2.60. The first-order valence-electron chi connectivity index (χ1n) is 6.82. The summed E-state index contributed by atoms with van der Waals surface area (Å²) in [6.07, 6.45) is 3.79. The Morgan fingerprint density at radius 3 is 2.72 bits per heavy atom. The lowest BCUT2D eigenvalue weighted by Crippen LogP contribution is -2.36. The number of nitrogens with two attached hydrogens (primary N) is 1. The van der Waals surface area contributed by atoms with Crippen LogP contribution in [0.1, 0.15) is 44.6 Å². The first-order chi connectivity index (χ1) is 8.64. The molecule has 0 heterocycles. The molecule has 0 aromatic heterocycles. The summed E-state index contributed by atoms with van der Waals surface area (Å²) >= 11 is 0. The summed E-state index contributed by atoms with van der Waals surface area (Å²) in [5, 5.41) is 0. The van der Waals surface area contributed by atoms with Crippen molar-refractivity contribution < 1.29 is 9.13 Å². The maximum Gasteiger partial charge on any atom is 0.137 e. The van der Waals surface area contributed by atoms with Crippen LogP contribution in [-0.4, -0.2) is 12.6 Å². The standard InChI is InChI=1S/C15H22FNO/c1-2-10-18-14-7-5-12(6-8-14)15(16)9-3-4-13(17)11-15/h5-8,13H,2-4,9-11,17H2,1H3. The van der Waals surface area contributed by atoms with E-state index in [9.17, 15) is 4.39 Å². The molecule has 1 aliphatic carbocycles. The van der Waals surface area contributed by atoms with E-state index in [1.54, 1.807) is 0 Å². The van der Waals surface area contributed by atoms with Gasteiger partial charge < -0.3 is 10.5 Å². The summed E-state index contributed by atoms with van der Waals surface area (Å²) in [5.41, 5.74) is 5.37. The molecule has 1 aromatic rings. The van der Waals surface area contributed by atoms with Crippen molar-refractivity contribution in [3.8, 4) is 5.75 Å². The van der Waals surface area contributed by atoms with Gasteiger partial charge >= 0.3 is 0 Å². The zero-order chi connectivity index (χ0) is 13.0. The van der Waals surface area contributed by atoms with Crippen LogP contribution >= 0.6 is 0 Å². The normalized spacial score (nSPS) is 28.1. The number of benzene rings is 1. The van der Waals surface area contributed by atoms with Crippen LogP contribution in [0.3, 0.4) is 0 Å². The van der Waals surface area contributed by atoms with Crippen molar-refractivity contribution in [2.45, 2.75) is 50.7 Å². The molecular formula is C15H22FNO. The Bertz CT molecular complexity index is 379. The largest absolute Gasteiger partial charge is 0.494 e. The molecule has 0 amide bonds. The Labute approximate surface area is 108 Å². The molecule has 100 valence electrons. The average molecular weight is 251 g/mol. The van der Waals surface area contributed by atoms with Gasteiger partial charge in [0, 0.05) is 12.5 Å². The molecule has 0 spiro atoms. The Morgan fingerprint density at radius 1 is 1.39 bits per heavy atom. The predicted octanol–water partition coefficient (Wildman–Crippen LogP) is 3.54. The minimum atomic E-state index is -1.25. The first-order valence-corrected chi connectivity index (χ1v) is 6.82. The highest BCUT2D eigenvalue weighted by atomic mass is 19.1. The van der Waals surface area contributed by atoms with Crippen LogP contribution < -0.4 is 10.5 Å². The van der Waals surface area contributed by atoms with E-state index >= 15 is 0 Å². The molecule has 1 fully saturated rings. The van der Waals surface area contributed by atoms with E-state index in [4.69, 9.17) is 10.5 Å². The third-order valence-corrected chi connectivity index (χ3v) is 3.58. The van der Waals surface area contributed by atoms with Crippen molar-refractivity contribution in [1.29, 1.82) is 0 Å². The maximum atomic E-state index is 14.8. The Hall–Kier alpha value is -1.09. The Balaban J connectivity index is 2.08. The summed E-state index contributed by atoms with van der Waals surface area (Å²) in [7, 11) is 0. The van der Waals surface area contributed by atoms with E-state index in [1.807, 2.05) is 24.3 Å². The molecule has 1 aliphatic rings. The van der Waals surface area contributed by atoms with Gasteiger partial charge in [0.2, 0.25) is 0 Å². The van der Waals surface area contributed by atoms with Gasteiger partial charge in [-0.05, 0) is 43.4 Å². The topological polar surface area (TPSA) is 35.2 Å². The molecule has 2 nitrogen and oxygen atoms in total. The van der Waals surface area contributed by atoms with Crippen LogP contribution in [0.2, 0.25) is 0 Å². The van der Waals surface area contributed by atoms with Crippen molar-refractivity contribution in [2.75, 3.05) is 6.61 Å². The number of rotatable bonds is 4. The van der Waals surface area contributed by atoms with Crippen molar-refractivity contribution >= 4 is 0 Å². The zero-order valence-corrected chi connectivity index (χ0v) is 11.0. The summed E-state index contributed by atoms with van der Waals surface area (Å²) in [6, 6.07) is 7.37. The molecule has 2 rings (SSSR count). The van der Waals surface area contributed by atoms with Gasteiger partial charge in [-0.15, -0.1) is 0 Å². The van der Waals surface area contributed by atoms with Crippen LogP contribution in [-0.2, 0) is 5.67 Å². The monoisotopic (exact) mass is 251 g/mol. The second-order valence-electron chi connectivity index (χ2n) is 5.19. The highest BCUT2D eigenvalue weighted by Crippen LogP contribution is 2.40. The van der Waals surface area contributed by atoms with Crippen LogP contribution in [0.5, 0.6) is 5.75 Å². The minimum Gasteiger partial charge on any atom is -0.494 e. The lowest BCUT2D eigenvalue weighted by molar-refractivity contribution is 0.0947. The predicted molar refractivity (Wildman–Crippen MR) is 71.5 cm³/mol. The number of halogens is 1. The Morgan fingerprint density at radius 2 is 2.11 bits per heavy atom. The second kappa shape index (κ2) is 5.70. The quantitative estimate of drug-likeness (QED) is 0.888. The van der Waals surface area contributed by atoms with Gasteiger partial charge in [0.05, 0.1) is 6.61 Å². The third-order valence-electron chi connectivity index (χ3n) is 3.58. The van der Waals surface area contributed by atoms with Crippen LogP contribution in [0.25, 0.3) is 0 Å². The molecule has 2 N–H and O–H groups in total. The molecule has 3 heteroatoms. The van der Waals surface area contributed by atoms with Crippen LogP contribution in [0, 0.1) is 0 Å². The van der Waals surface area contributed by atoms with Crippen LogP contribution in [0.4, 0.5) is 4.39 Å². The molecule has 2 unspecified atom stereocenters. The van der Waals surface area contributed by atoms with Crippen molar-refractivity contribution in [2.24, 2.45) is 5.73 Å². The highest BCUT2D eigenvalue weighted by molar-refractivity contribution is 5.31. The third kappa shape index (κ3) is 3.02. The van der Waals surface area contributed by atoms with E-state index in [0.29, 0.717) is 19.4 Å². The number of ether oxygens (including phenoxy) is 1. The fourth-order valence-corrected chi connectivity index (χ4v) is 2.60. The molecule has 1 aromatic carbocycles. The highest BCUT2D eigenvalue weighted by Gasteiger charge is 2.36. The SMILES string of the molecule is CCCOc1ccc(C2(F)CCCC(N)C2)cc1. The lowest BCUT2D eigenvalue weighted by atomic mass is 9.79. The van der Waals surface area contributed by atoms with Gasteiger partial charge in [-0.2, -0.15) is 0 Å². The van der Waals surface area contributed by atoms with Gasteiger partial charge in [0.1, 0.15) is 11.4 Å². The molecule has 0 bridgehead atoms. The van der Waals surface area contributed by atoms with Crippen molar-refractivity contribution in [1.82, 2.24) is 0 Å². The molecule has 18 heavy (non-hydrogen) atoms. The van der Waals surface area contributed by atoms with Gasteiger partial charge in [0.25, 0.3) is 0 Å². The molecule has 0 radical (unpaired) electrons. The molecule has 0 saturated heterocycles. The molecule has 0 aliphatic heterocycles. The second-order valence-corrected chi connectivity index (χ2v) is 5.19. The summed E-state index contributed by atoms with van der Waals surface area (Å²) in [6.45, 7) is 2.76. The van der Waals surface area contributed by atoms with Gasteiger partial charge in [-0.3, -0.25) is 0 Å². The van der Waals surface area contributed by atoms with E-state index in [-0.39, 0.29) is 6.04 Å². The Kier molecular flexibility index (Phi) is 4.23. The van der Waals surface area contributed by atoms with Crippen molar-refractivity contribution in [3.63, 3.8) is 0 Å². The summed E-state index contributed by atoms with van der Waals surface area (Å²) < 4.78 is 20.3. The van der Waals surface area contributed by atoms with Gasteiger partial charge in [-0.1, -0.05) is 19.1 Å². The van der Waals surface area contributed by atoms with Gasteiger partial charge in [0.15, 0.2) is 0 Å².